The Bertz CT molecular complexity index is 602. The number of rotatable bonds is 6. The lowest BCUT2D eigenvalue weighted by Crippen LogP contribution is -2.33. The molecule has 0 radical (unpaired) electrons. The van der Waals surface area contributed by atoms with Gasteiger partial charge in [-0.2, -0.15) is 0 Å². The van der Waals surface area contributed by atoms with Crippen LogP contribution in [0.2, 0.25) is 0 Å². The molecule has 0 aliphatic rings. The maximum Gasteiger partial charge on any atom is 0.320 e. The third-order valence-electron chi connectivity index (χ3n) is 3.23. The lowest BCUT2D eigenvalue weighted by atomic mass is 10.1. The molecule has 0 saturated carbocycles. The third-order valence-corrected chi connectivity index (χ3v) is 3.23. The van der Waals surface area contributed by atoms with Crippen molar-refractivity contribution in [2.45, 2.75) is 20.0 Å². The van der Waals surface area contributed by atoms with Crippen LogP contribution >= 0.6 is 0 Å². The summed E-state index contributed by atoms with van der Waals surface area (Å²) in [6, 6.07) is 13.3. The average Bonchev–Trinajstić information content (AvgIpc) is 2.54. The maximum absolute atomic E-state index is 12.0. The second-order valence-electron chi connectivity index (χ2n) is 4.86. The van der Waals surface area contributed by atoms with Crippen molar-refractivity contribution in [1.29, 1.82) is 0 Å². The SMILES string of the molecule is CCO[C@H](CNC(=O)Nc1ncccc1C)c1ccccc1. The Kier molecular flexibility index (Phi) is 5.91. The molecule has 0 fully saturated rings. The fraction of sp³-hybridized carbons (Fsp3) is 0.294. The number of aryl methyl sites for hydroxylation is 1. The molecule has 0 saturated heterocycles. The molecule has 0 aliphatic carbocycles. The molecule has 2 N–H and O–H groups in total. The molecule has 1 heterocycles. The summed E-state index contributed by atoms with van der Waals surface area (Å²) in [5.74, 6) is 0.563. The minimum atomic E-state index is -0.289. The Morgan fingerprint density at radius 1 is 1.23 bits per heavy atom. The number of pyridine rings is 1. The first kappa shape index (κ1) is 16.0. The fourth-order valence-electron chi connectivity index (χ4n) is 2.10. The smallest absolute Gasteiger partial charge is 0.320 e. The number of carbonyl (C=O) groups is 1. The first-order valence-corrected chi connectivity index (χ1v) is 7.33. The molecule has 2 amide bonds. The number of hydrogen-bond donors (Lipinski definition) is 2. The highest BCUT2D eigenvalue weighted by Crippen LogP contribution is 2.16. The number of anilines is 1. The van der Waals surface area contributed by atoms with Crippen LogP contribution in [0.15, 0.2) is 48.7 Å². The van der Waals surface area contributed by atoms with Gasteiger partial charge >= 0.3 is 6.03 Å². The highest BCUT2D eigenvalue weighted by Gasteiger charge is 2.13. The van der Waals surface area contributed by atoms with Crippen LogP contribution in [0.1, 0.15) is 24.2 Å². The van der Waals surface area contributed by atoms with Gasteiger partial charge in [0.25, 0.3) is 0 Å². The van der Waals surface area contributed by atoms with E-state index in [0.29, 0.717) is 19.0 Å². The molecule has 2 rings (SSSR count). The number of nitrogens with one attached hydrogen (secondary N) is 2. The highest BCUT2D eigenvalue weighted by molar-refractivity contribution is 5.88. The first-order valence-electron chi connectivity index (χ1n) is 7.33. The number of nitrogens with zero attached hydrogens (tertiary/aromatic N) is 1. The molecule has 2 aromatic rings. The molecule has 5 heteroatoms. The molecule has 22 heavy (non-hydrogen) atoms. The van der Waals surface area contributed by atoms with Crippen LogP contribution < -0.4 is 10.6 Å². The molecule has 0 unspecified atom stereocenters. The van der Waals surface area contributed by atoms with Crippen molar-refractivity contribution in [3.05, 3.63) is 59.8 Å². The summed E-state index contributed by atoms with van der Waals surface area (Å²) in [5.41, 5.74) is 1.96. The molecule has 1 aromatic heterocycles. The van der Waals surface area contributed by atoms with Crippen LogP contribution in [0.25, 0.3) is 0 Å². The van der Waals surface area contributed by atoms with Crippen LogP contribution in [-0.2, 0) is 4.74 Å². The minimum Gasteiger partial charge on any atom is -0.372 e. The van der Waals surface area contributed by atoms with Crippen molar-refractivity contribution >= 4 is 11.8 Å². The Morgan fingerprint density at radius 2 is 2.00 bits per heavy atom. The molecular formula is C17H21N3O2. The van der Waals surface area contributed by atoms with Gasteiger partial charge in [0.05, 0.1) is 6.10 Å². The van der Waals surface area contributed by atoms with Crippen LogP contribution in [0, 0.1) is 6.92 Å². The van der Waals surface area contributed by atoms with Crippen LogP contribution in [0.5, 0.6) is 0 Å². The summed E-state index contributed by atoms with van der Waals surface area (Å²) in [7, 11) is 0. The van der Waals surface area contributed by atoms with E-state index in [-0.39, 0.29) is 12.1 Å². The van der Waals surface area contributed by atoms with Gasteiger partial charge in [-0.15, -0.1) is 0 Å². The minimum absolute atomic E-state index is 0.165. The van der Waals surface area contributed by atoms with Crippen molar-refractivity contribution in [3.8, 4) is 0 Å². The van der Waals surface area contributed by atoms with Crippen molar-refractivity contribution in [2.75, 3.05) is 18.5 Å². The zero-order valence-corrected chi connectivity index (χ0v) is 12.9. The second-order valence-corrected chi connectivity index (χ2v) is 4.86. The van der Waals surface area contributed by atoms with E-state index in [1.54, 1.807) is 6.20 Å². The molecule has 5 nitrogen and oxygen atoms in total. The van der Waals surface area contributed by atoms with Crippen molar-refractivity contribution < 1.29 is 9.53 Å². The van der Waals surface area contributed by atoms with Crippen LogP contribution in [-0.4, -0.2) is 24.2 Å². The summed E-state index contributed by atoms with van der Waals surface area (Å²) in [4.78, 5) is 16.1. The van der Waals surface area contributed by atoms with E-state index in [0.717, 1.165) is 11.1 Å². The topological polar surface area (TPSA) is 63.2 Å². The molecular weight excluding hydrogens is 278 g/mol. The number of ether oxygens (including phenoxy) is 1. The number of aromatic nitrogens is 1. The van der Waals surface area contributed by atoms with Crippen LogP contribution in [0.4, 0.5) is 10.6 Å². The Hall–Kier alpha value is -2.40. The van der Waals surface area contributed by atoms with Gasteiger partial charge in [-0.1, -0.05) is 36.4 Å². The number of amides is 2. The van der Waals surface area contributed by atoms with E-state index in [9.17, 15) is 4.79 Å². The zero-order chi connectivity index (χ0) is 15.8. The van der Waals surface area contributed by atoms with E-state index in [1.165, 1.54) is 0 Å². The summed E-state index contributed by atoms with van der Waals surface area (Å²) in [6.07, 6.45) is 1.48. The Balaban J connectivity index is 1.92. The van der Waals surface area contributed by atoms with Gasteiger partial charge in [0.1, 0.15) is 5.82 Å². The lowest BCUT2D eigenvalue weighted by molar-refractivity contribution is 0.0643. The average molecular weight is 299 g/mol. The monoisotopic (exact) mass is 299 g/mol. The second kappa shape index (κ2) is 8.14. The standard InChI is InChI=1S/C17H21N3O2/c1-3-22-15(14-9-5-4-6-10-14)12-19-17(21)20-16-13(2)8-7-11-18-16/h4-11,15H,3,12H2,1-2H3,(H2,18,19,20,21)/t15-/m1/s1. The number of urea groups is 1. The predicted molar refractivity (Wildman–Crippen MR) is 86.8 cm³/mol. The third kappa shape index (κ3) is 4.56. The molecule has 1 aromatic carbocycles. The Labute approximate surface area is 130 Å². The molecule has 116 valence electrons. The van der Waals surface area contributed by atoms with Gasteiger partial charge in [-0.3, -0.25) is 5.32 Å². The molecule has 0 spiro atoms. The zero-order valence-electron chi connectivity index (χ0n) is 12.9. The largest absolute Gasteiger partial charge is 0.372 e. The van der Waals surface area contributed by atoms with E-state index in [1.807, 2.05) is 56.3 Å². The van der Waals surface area contributed by atoms with Gasteiger partial charge in [0.2, 0.25) is 0 Å². The first-order chi connectivity index (χ1) is 10.7. The Morgan fingerprint density at radius 3 is 2.68 bits per heavy atom. The molecule has 0 aliphatic heterocycles. The quantitative estimate of drug-likeness (QED) is 0.860. The summed E-state index contributed by atoms with van der Waals surface area (Å²) < 4.78 is 5.69. The van der Waals surface area contributed by atoms with E-state index in [4.69, 9.17) is 4.74 Å². The van der Waals surface area contributed by atoms with Crippen molar-refractivity contribution in [2.24, 2.45) is 0 Å². The van der Waals surface area contributed by atoms with Crippen molar-refractivity contribution in [3.63, 3.8) is 0 Å². The lowest BCUT2D eigenvalue weighted by Gasteiger charge is -2.18. The number of carbonyl (C=O) groups excluding carboxylic acids is 1. The number of benzene rings is 1. The van der Waals surface area contributed by atoms with E-state index < -0.39 is 0 Å². The van der Waals surface area contributed by atoms with Gasteiger partial charge in [-0.25, -0.2) is 9.78 Å². The molecule has 1 atom stereocenters. The normalized spacial score (nSPS) is 11.7. The fourth-order valence-corrected chi connectivity index (χ4v) is 2.10. The van der Waals surface area contributed by atoms with E-state index >= 15 is 0 Å². The van der Waals surface area contributed by atoms with Gasteiger partial charge in [0, 0.05) is 19.3 Å². The number of hydrogen-bond acceptors (Lipinski definition) is 3. The van der Waals surface area contributed by atoms with Crippen molar-refractivity contribution in [1.82, 2.24) is 10.3 Å². The summed E-state index contributed by atoms with van der Waals surface area (Å²) in [6.45, 7) is 4.82. The van der Waals surface area contributed by atoms with Crippen LogP contribution in [0.3, 0.4) is 0 Å². The summed E-state index contributed by atoms with van der Waals surface area (Å²) >= 11 is 0. The van der Waals surface area contributed by atoms with Gasteiger partial charge in [-0.05, 0) is 31.0 Å². The van der Waals surface area contributed by atoms with E-state index in [2.05, 4.69) is 15.6 Å². The van der Waals surface area contributed by atoms with Gasteiger partial charge < -0.3 is 10.1 Å². The highest BCUT2D eigenvalue weighted by atomic mass is 16.5. The predicted octanol–water partition coefficient (Wildman–Crippen LogP) is 3.29. The molecule has 0 bridgehead atoms. The van der Waals surface area contributed by atoms with Gasteiger partial charge in [0.15, 0.2) is 0 Å². The summed E-state index contributed by atoms with van der Waals surface area (Å²) in [5, 5.41) is 5.57. The maximum atomic E-state index is 12.0.